The molecule has 3 N–H and O–H groups in total. The smallest absolute Gasteiger partial charge is 0.0328 e. The number of rotatable bonds is 3. The molecule has 0 aromatic heterocycles. The lowest BCUT2D eigenvalue weighted by Gasteiger charge is -2.37. The summed E-state index contributed by atoms with van der Waals surface area (Å²) in [5.41, 5.74) is 9.76. The van der Waals surface area contributed by atoms with Crippen LogP contribution < -0.4 is 11.1 Å². The zero-order valence-corrected chi connectivity index (χ0v) is 12.9. The topological polar surface area (TPSA) is 38.0 Å². The van der Waals surface area contributed by atoms with Crippen LogP contribution >= 0.6 is 0 Å². The lowest BCUT2D eigenvalue weighted by atomic mass is 9.77. The molecule has 3 unspecified atom stereocenters. The second-order valence-electron chi connectivity index (χ2n) is 7.02. The summed E-state index contributed by atoms with van der Waals surface area (Å²) >= 11 is 0. The maximum absolute atomic E-state index is 5.90. The van der Waals surface area contributed by atoms with E-state index in [1.165, 1.54) is 49.7 Å². The Morgan fingerprint density at radius 2 is 1.95 bits per heavy atom. The highest BCUT2D eigenvalue weighted by atomic mass is 15.0. The second-order valence-corrected chi connectivity index (χ2v) is 7.02. The van der Waals surface area contributed by atoms with E-state index in [9.17, 15) is 0 Å². The van der Waals surface area contributed by atoms with Crippen LogP contribution in [-0.2, 0) is 6.42 Å². The fraction of sp³-hybridized carbons (Fsp3) is 0.667. The molecule has 3 atom stereocenters. The summed E-state index contributed by atoms with van der Waals surface area (Å²) in [6, 6.07) is 7.71. The quantitative estimate of drug-likeness (QED) is 0.814. The van der Waals surface area contributed by atoms with Crippen LogP contribution in [0.2, 0.25) is 0 Å². The molecule has 110 valence electrons. The Bertz CT molecular complexity index is 466. The molecule has 1 aromatic carbocycles. The average molecular weight is 272 g/mol. The molecule has 0 spiro atoms. The van der Waals surface area contributed by atoms with Crippen LogP contribution in [-0.4, -0.2) is 6.04 Å². The Labute approximate surface area is 123 Å². The number of hydrogen-bond acceptors (Lipinski definition) is 2. The van der Waals surface area contributed by atoms with Crippen molar-refractivity contribution in [2.24, 2.45) is 11.8 Å². The molecule has 0 amide bonds. The van der Waals surface area contributed by atoms with Gasteiger partial charge in [-0.2, -0.15) is 0 Å². The van der Waals surface area contributed by atoms with Crippen molar-refractivity contribution in [3.8, 4) is 0 Å². The molecule has 1 saturated carbocycles. The summed E-state index contributed by atoms with van der Waals surface area (Å²) in [6.45, 7) is 4.77. The van der Waals surface area contributed by atoms with Gasteiger partial charge in [0.25, 0.3) is 0 Å². The zero-order chi connectivity index (χ0) is 14.1. The van der Waals surface area contributed by atoms with Crippen LogP contribution in [0, 0.1) is 11.8 Å². The predicted molar refractivity (Wildman–Crippen MR) is 85.6 cm³/mol. The molecule has 2 aliphatic rings. The minimum Gasteiger partial charge on any atom is -0.399 e. The van der Waals surface area contributed by atoms with Crippen molar-refractivity contribution in [3.05, 3.63) is 29.3 Å². The third kappa shape index (κ3) is 2.71. The zero-order valence-electron chi connectivity index (χ0n) is 12.9. The minimum absolute atomic E-state index is 0.551. The van der Waals surface area contributed by atoms with Gasteiger partial charge in [0.2, 0.25) is 0 Å². The second kappa shape index (κ2) is 5.77. The number of nitrogen functional groups attached to an aromatic ring is 1. The summed E-state index contributed by atoms with van der Waals surface area (Å²) in [6.07, 6.45) is 7.97. The molecule has 2 aliphatic carbocycles. The first-order chi connectivity index (χ1) is 9.65. The Kier molecular flexibility index (Phi) is 4.02. The first-order valence-electron chi connectivity index (χ1n) is 8.29. The Morgan fingerprint density at radius 3 is 2.75 bits per heavy atom. The van der Waals surface area contributed by atoms with Crippen molar-refractivity contribution < 1.29 is 0 Å². The standard InChI is InChI=1S/C18H28N2/c1-12(2)15-5-3-4-6-17(15)20-18-10-7-13-11-14(19)8-9-16(13)18/h8-9,11-12,15,17-18,20H,3-7,10,19H2,1-2H3. The van der Waals surface area contributed by atoms with E-state index in [4.69, 9.17) is 5.73 Å². The van der Waals surface area contributed by atoms with E-state index < -0.39 is 0 Å². The number of hydrogen-bond donors (Lipinski definition) is 2. The van der Waals surface area contributed by atoms with E-state index in [2.05, 4.69) is 37.4 Å². The summed E-state index contributed by atoms with van der Waals surface area (Å²) < 4.78 is 0. The van der Waals surface area contributed by atoms with Crippen LogP contribution in [0.25, 0.3) is 0 Å². The summed E-state index contributed by atoms with van der Waals surface area (Å²) in [4.78, 5) is 0. The van der Waals surface area contributed by atoms with Gasteiger partial charge in [-0.05, 0) is 60.8 Å². The lowest BCUT2D eigenvalue weighted by Crippen LogP contribution is -2.42. The monoisotopic (exact) mass is 272 g/mol. The van der Waals surface area contributed by atoms with Gasteiger partial charge in [-0.25, -0.2) is 0 Å². The largest absolute Gasteiger partial charge is 0.399 e. The number of aryl methyl sites for hydroxylation is 1. The Balaban J connectivity index is 1.72. The van der Waals surface area contributed by atoms with Gasteiger partial charge in [0.15, 0.2) is 0 Å². The lowest BCUT2D eigenvalue weighted by molar-refractivity contribution is 0.192. The van der Waals surface area contributed by atoms with Gasteiger partial charge >= 0.3 is 0 Å². The normalized spacial score (nSPS) is 29.6. The summed E-state index contributed by atoms with van der Waals surface area (Å²) in [5.74, 6) is 1.64. The molecule has 3 rings (SSSR count). The highest BCUT2D eigenvalue weighted by Gasteiger charge is 2.31. The van der Waals surface area contributed by atoms with E-state index in [1.807, 2.05) is 0 Å². The van der Waals surface area contributed by atoms with Crippen LogP contribution in [0.15, 0.2) is 18.2 Å². The van der Waals surface area contributed by atoms with Crippen molar-refractivity contribution >= 4 is 5.69 Å². The molecule has 20 heavy (non-hydrogen) atoms. The van der Waals surface area contributed by atoms with Gasteiger partial charge in [-0.1, -0.05) is 32.8 Å². The fourth-order valence-electron chi connectivity index (χ4n) is 4.23. The van der Waals surface area contributed by atoms with E-state index in [-0.39, 0.29) is 0 Å². The molecule has 2 nitrogen and oxygen atoms in total. The number of nitrogens with two attached hydrogens (primary N) is 1. The number of nitrogens with one attached hydrogen (secondary N) is 1. The van der Waals surface area contributed by atoms with Crippen LogP contribution in [0.5, 0.6) is 0 Å². The first kappa shape index (κ1) is 13.9. The first-order valence-corrected chi connectivity index (χ1v) is 8.29. The van der Waals surface area contributed by atoms with E-state index >= 15 is 0 Å². The third-order valence-corrected chi connectivity index (χ3v) is 5.34. The highest BCUT2D eigenvalue weighted by molar-refractivity contribution is 5.47. The van der Waals surface area contributed by atoms with Crippen molar-refractivity contribution in [2.75, 3.05) is 5.73 Å². The summed E-state index contributed by atoms with van der Waals surface area (Å²) in [7, 11) is 0. The molecule has 0 heterocycles. The van der Waals surface area contributed by atoms with Crippen molar-refractivity contribution in [3.63, 3.8) is 0 Å². The van der Waals surface area contributed by atoms with E-state index in [1.54, 1.807) is 0 Å². The van der Waals surface area contributed by atoms with Crippen molar-refractivity contribution in [2.45, 2.75) is 64.5 Å². The van der Waals surface area contributed by atoms with Gasteiger partial charge in [-0.15, -0.1) is 0 Å². The van der Waals surface area contributed by atoms with Crippen molar-refractivity contribution in [1.29, 1.82) is 0 Å². The van der Waals surface area contributed by atoms with Gasteiger partial charge in [0.1, 0.15) is 0 Å². The summed E-state index contributed by atoms with van der Waals surface area (Å²) in [5, 5.41) is 3.98. The molecule has 0 radical (unpaired) electrons. The van der Waals surface area contributed by atoms with Gasteiger partial charge in [-0.3, -0.25) is 0 Å². The maximum atomic E-state index is 5.90. The fourth-order valence-corrected chi connectivity index (χ4v) is 4.23. The van der Waals surface area contributed by atoms with Gasteiger partial charge in [0.05, 0.1) is 0 Å². The van der Waals surface area contributed by atoms with E-state index in [0.717, 1.165) is 17.5 Å². The van der Waals surface area contributed by atoms with E-state index in [0.29, 0.717) is 12.1 Å². The molecule has 1 aromatic rings. The number of benzene rings is 1. The predicted octanol–water partition coefficient (Wildman–Crippen LogP) is 4.06. The van der Waals surface area contributed by atoms with Gasteiger partial charge in [0, 0.05) is 17.8 Å². The number of fused-ring (bicyclic) bond motifs is 1. The Hall–Kier alpha value is -1.02. The third-order valence-electron chi connectivity index (χ3n) is 5.34. The SMILES string of the molecule is CC(C)C1CCCCC1NC1CCc2cc(N)ccc21. The maximum Gasteiger partial charge on any atom is 0.0328 e. The Morgan fingerprint density at radius 1 is 1.15 bits per heavy atom. The van der Waals surface area contributed by atoms with Crippen LogP contribution in [0.1, 0.15) is 63.1 Å². The van der Waals surface area contributed by atoms with Crippen LogP contribution in [0.4, 0.5) is 5.69 Å². The molecule has 1 fully saturated rings. The van der Waals surface area contributed by atoms with Crippen molar-refractivity contribution in [1.82, 2.24) is 5.32 Å². The minimum atomic E-state index is 0.551. The molecule has 0 bridgehead atoms. The van der Waals surface area contributed by atoms with Crippen LogP contribution in [0.3, 0.4) is 0 Å². The average Bonchev–Trinajstić information content (AvgIpc) is 2.81. The molecule has 2 heteroatoms. The highest BCUT2D eigenvalue weighted by Crippen LogP contribution is 2.36. The van der Waals surface area contributed by atoms with Gasteiger partial charge < -0.3 is 11.1 Å². The molecule has 0 saturated heterocycles. The molecular weight excluding hydrogens is 244 g/mol. The number of anilines is 1. The molecular formula is C18H28N2. The molecule has 0 aliphatic heterocycles.